The van der Waals surface area contributed by atoms with Crippen LogP contribution in [0.1, 0.15) is 15.9 Å². The van der Waals surface area contributed by atoms with Gasteiger partial charge in [-0.3, -0.25) is 14.9 Å². The van der Waals surface area contributed by atoms with Crippen LogP contribution in [0.4, 0.5) is 5.69 Å². The number of nitrogens with one attached hydrogen (secondary N) is 1. The van der Waals surface area contributed by atoms with E-state index < -0.39 is 4.92 Å². The Hall–Kier alpha value is -2.41. The monoisotopic (exact) mass is 350 g/mol. The van der Waals surface area contributed by atoms with Crippen molar-refractivity contribution in [1.82, 2.24) is 5.32 Å². The highest BCUT2D eigenvalue weighted by molar-refractivity contribution is 9.10. The molecule has 0 saturated carbocycles. The maximum absolute atomic E-state index is 12.0. The number of hydrogen-bond donors (Lipinski definition) is 2. The highest BCUT2D eigenvalue weighted by Gasteiger charge is 2.12. The molecule has 0 radical (unpaired) electrons. The van der Waals surface area contributed by atoms with Crippen LogP contribution in [-0.4, -0.2) is 15.9 Å². The molecule has 0 aliphatic heterocycles. The lowest BCUT2D eigenvalue weighted by Gasteiger charge is -2.07. The number of phenolic OH excluding ortho intramolecular Hbond substituents is 1. The number of carbonyl (C=O) groups excluding carboxylic acids is 1. The normalized spacial score (nSPS) is 10.1. The molecule has 1 amide bonds. The predicted octanol–water partition coefficient (Wildman–Crippen LogP) is 2.99. The molecule has 0 saturated heterocycles. The number of benzene rings is 2. The first-order valence-electron chi connectivity index (χ1n) is 5.97. The SMILES string of the molecule is O=C(NCc1cc([N+](=O)[O-])ccc1O)c1cccc(Br)c1. The molecule has 0 unspecified atom stereocenters. The molecule has 0 bridgehead atoms. The lowest BCUT2D eigenvalue weighted by atomic mass is 10.1. The van der Waals surface area contributed by atoms with Crippen molar-refractivity contribution in [2.75, 3.05) is 0 Å². The summed E-state index contributed by atoms with van der Waals surface area (Å²) in [6.45, 7) is -0.00113. The van der Waals surface area contributed by atoms with Gasteiger partial charge in [-0.2, -0.15) is 0 Å². The summed E-state index contributed by atoms with van der Waals surface area (Å²) in [7, 11) is 0. The summed E-state index contributed by atoms with van der Waals surface area (Å²) in [4.78, 5) is 22.1. The second kappa shape index (κ2) is 6.36. The minimum absolute atomic E-state index is 0.00113. The Morgan fingerprint density at radius 1 is 1.29 bits per heavy atom. The molecule has 0 spiro atoms. The third-order valence-electron chi connectivity index (χ3n) is 2.80. The second-order valence-electron chi connectivity index (χ2n) is 4.26. The van der Waals surface area contributed by atoms with Crippen LogP contribution in [0.5, 0.6) is 5.75 Å². The van der Waals surface area contributed by atoms with E-state index in [1.54, 1.807) is 24.3 Å². The molecule has 21 heavy (non-hydrogen) atoms. The second-order valence-corrected chi connectivity index (χ2v) is 5.18. The quantitative estimate of drug-likeness (QED) is 0.654. The molecule has 7 heteroatoms. The first kappa shape index (κ1) is 15.0. The molecule has 2 N–H and O–H groups in total. The van der Waals surface area contributed by atoms with Gasteiger partial charge in [-0.1, -0.05) is 22.0 Å². The number of non-ortho nitro benzene ring substituents is 1. The first-order valence-corrected chi connectivity index (χ1v) is 6.76. The molecule has 0 aliphatic rings. The Kier molecular flexibility index (Phi) is 4.54. The van der Waals surface area contributed by atoms with E-state index in [4.69, 9.17) is 0 Å². The summed E-state index contributed by atoms with van der Waals surface area (Å²) in [5.41, 5.74) is 0.598. The van der Waals surface area contributed by atoms with Crippen molar-refractivity contribution in [3.05, 3.63) is 68.2 Å². The van der Waals surface area contributed by atoms with Crippen LogP contribution < -0.4 is 5.32 Å². The maximum Gasteiger partial charge on any atom is 0.270 e. The Morgan fingerprint density at radius 3 is 2.71 bits per heavy atom. The van der Waals surface area contributed by atoms with Crippen LogP contribution in [-0.2, 0) is 6.54 Å². The smallest absolute Gasteiger partial charge is 0.270 e. The predicted molar refractivity (Wildman–Crippen MR) is 80.1 cm³/mol. The number of amides is 1. The van der Waals surface area contributed by atoms with Gasteiger partial charge in [0.1, 0.15) is 5.75 Å². The number of nitro groups is 1. The third-order valence-corrected chi connectivity index (χ3v) is 3.29. The zero-order valence-electron chi connectivity index (χ0n) is 10.7. The Morgan fingerprint density at radius 2 is 2.05 bits per heavy atom. The van der Waals surface area contributed by atoms with Gasteiger partial charge in [0.15, 0.2) is 0 Å². The zero-order chi connectivity index (χ0) is 15.4. The fraction of sp³-hybridized carbons (Fsp3) is 0.0714. The van der Waals surface area contributed by atoms with E-state index in [0.29, 0.717) is 5.56 Å². The van der Waals surface area contributed by atoms with Crippen LogP contribution in [0, 0.1) is 10.1 Å². The number of carbonyl (C=O) groups is 1. The Balaban J connectivity index is 2.11. The summed E-state index contributed by atoms with van der Waals surface area (Å²) >= 11 is 3.27. The molecule has 108 valence electrons. The highest BCUT2D eigenvalue weighted by Crippen LogP contribution is 2.22. The lowest BCUT2D eigenvalue weighted by Crippen LogP contribution is -2.22. The summed E-state index contributed by atoms with van der Waals surface area (Å²) in [5, 5.41) is 23.0. The minimum Gasteiger partial charge on any atom is -0.508 e. The van der Waals surface area contributed by atoms with Crippen LogP contribution in [0.2, 0.25) is 0 Å². The number of rotatable bonds is 4. The molecular formula is C14H11BrN2O4. The maximum atomic E-state index is 12.0. The third kappa shape index (κ3) is 3.79. The van der Waals surface area contributed by atoms with Crippen LogP contribution in [0.3, 0.4) is 0 Å². The molecule has 0 fully saturated rings. The molecule has 0 atom stereocenters. The Bertz CT molecular complexity index is 703. The number of hydrogen-bond acceptors (Lipinski definition) is 4. The number of aromatic hydroxyl groups is 1. The van der Waals surface area contributed by atoms with Crippen molar-refractivity contribution in [2.45, 2.75) is 6.54 Å². The van der Waals surface area contributed by atoms with Gasteiger partial charge in [0.05, 0.1) is 4.92 Å². The van der Waals surface area contributed by atoms with Crippen molar-refractivity contribution < 1.29 is 14.8 Å². The molecule has 6 nitrogen and oxygen atoms in total. The van der Waals surface area contributed by atoms with Crippen molar-refractivity contribution >= 4 is 27.5 Å². The van der Waals surface area contributed by atoms with E-state index in [0.717, 1.165) is 4.47 Å². The fourth-order valence-corrected chi connectivity index (χ4v) is 2.13. The average Bonchev–Trinajstić information content (AvgIpc) is 2.45. The van der Waals surface area contributed by atoms with E-state index in [-0.39, 0.29) is 29.5 Å². The van der Waals surface area contributed by atoms with Gasteiger partial charge in [-0.05, 0) is 24.3 Å². The summed E-state index contributed by atoms with van der Waals surface area (Å²) in [6.07, 6.45) is 0. The fourth-order valence-electron chi connectivity index (χ4n) is 1.73. The topological polar surface area (TPSA) is 92.5 Å². The van der Waals surface area contributed by atoms with Crippen LogP contribution in [0.15, 0.2) is 46.9 Å². The number of nitro benzene ring substituents is 1. The molecular weight excluding hydrogens is 340 g/mol. The molecule has 0 aromatic heterocycles. The molecule has 0 heterocycles. The Labute approximate surface area is 128 Å². The number of halogens is 1. The zero-order valence-corrected chi connectivity index (χ0v) is 12.3. The van der Waals surface area contributed by atoms with Crippen LogP contribution >= 0.6 is 15.9 Å². The van der Waals surface area contributed by atoms with Gasteiger partial charge >= 0.3 is 0 Å². The van der Waals surface area contributed by atoms with Crippen molar-refractivity contribution in [1.29, 1.82) is 0 Å². The molecule has 2 aromatic carbocycles. The summed E-state index contributed by atoms with van der Waals surface area (Å²) in [5.74, 6) is -0.433. The van der Waals surface area contributed by atoms with E-state index in [2.05, 4.69) is 21.2 Å². The van der Waals surface area contributed by atoms with Gasteiger partial charge in [0.25, 0.3) is 11.6 Å². The molecule has 0 aliphatic carbocycles. The van der Waals surface area contributed by atoms with E-state index >= 15 is 0 Å². The van der Waals surface area contributed by atoms with Crippen molar-refractivity contribution in [3.63, 3.8) is 0 Å². The van der Waals surface area contributed by atoms with Crippen molar-refractivity contribution in [3.8, 4) is 5.75 Å². The van der Waals surface area contributed by atoms with E-state index in [9.17, 15) is 20.0 Å². The van der Waals surface area contributed by atoms with Gasteiger partial charge in [-0.25, -0.2) is 0 Å². The van der Waals surface area contributed by atoms with Gasteiger partial charge < -0.3 is 10.4 Å². The van der Waals surface area contributed by atoms with Gasteiger partial charge in [0.2, 0.25) is 0 Å². The standard InChI is InChI=1S/C14H11BrN2O4/c15-11-3-1-2-9(6-11)14(19)16-8-10-7-12(17(20)21)4-5-13(10)18/h1-7,18H,8H2,(H,16,19). The minimum atomic E-state index is -0.556. The van der Waals surface area contributed by atoms with Gasteiger partial charge in [-0.15, -0.1) is 0 Å². The van der Waals surface area contributed by atoms with E-state index in [1.165, 1.54) is 18.2 Å². The lowest BCUT2D eigenvalue weighted by molar-refractivity contribution is -0.384. The summed E-state index contributed by atoms with van der Waals surface area (Å²) < 4.78 is 0.772. The number of nitrogens with zero attached hydrogens (tertiary/aromatic N) is 1. The largest absolute Gasteiger partial charge is 0.508 e. The van der Waals surface area contributed by atoms with Crippen LogP contribution in [0.25, 0.3) is 0 Å². The first-order chi connectivity index (χ1) is 9.97. The molecule has 2 aromatic rings. The number of phenols is 1. The van der Waals surface area contributed by atoms with Crippen molar-refractivity contribution in [2.24, 2.45) is 0 Å². The molecule has 2 rings (SSSR count). The summed E-state index contributed by atoms with van der Waals surface area (Å²) in [6, 6.07) is 10.5. The van der Waals surface area contributed by atoms with Gasteiger partial charge in [0, 0.05) is 34.3 Å². The average molecular weight is 351 g/mol. The van der Waals surface area contributed by atoms with E-state index in [1.807, 2.05) is 0 Å². The highest BCUT2D eigenvalue weighted by atomic mass is 79.9.